The van der Waals surface area contributed by atoms with E-state index >= 15 is 0 Å². The number of hydrogen-bond donors (Lipinski definition) is 3. The van der Waals surface area contributed by atoms with Gasteiger partial charge in [-0.15, -0.1) is 0 Å². The third-order valence-electron chi connectivity index (χ3n) is 4.35. The Kier molecular flexibility index (Phi) is 4.55. The molecule has 0 radical (unpaired) electrons. The van der Waals surface area contributed by atoms with Crippen molar-refractivity contribution in [1.82, 2.24) is 19.9 Å². The van der Waals surface area contributed by atoms with Crippen molar-refractivity contribution in [3.63, 3.8) is 0 Å². The molecule has 3 heterocycles. The molecule has 138 valence electrons. The average molecular weight is 370 g/mol. The van der Waals surface area contributed by atoms with Crippen LogP contribution in [0.4, 0.5) is 5.95 Å². The molecule has 28 heavy (non-hydrogen) atoms. The number of H-pyrrole nitrogens is 1. The number of amides is 1. The Hall–Kier alpha value is -4.00. The number of nitrogens with two attached hydrogens (primary N) is 1. The molecule has 3 aromatic heterocycles. The summed E-state index contributed by atoms with van der Waals surface area (Å²) >= 11 is 0. The molecule has 0 aliphatic heterocycles. The van der Waals surface area contributed by atoms with Crippen LogP contribution in [0.1, 0.15) is 5.56 Å². The highest BCUT2D eigenvalue weighted by Gasteiger charge is 2.11. The molecule has 0 atom stereocenters. The molecule has 0 fully saturated rings. The van der Waals surface area contributed by atoms with Crippen LogP contribution in [-0.2, 0) is 4.79 Å². The summed E-state index contributed by atoms with van der Waals surface area (Å²) < 4.78 is 0. The van der Waals surface area contributed by atoms with E-state index in [1.807, 2.05) is 42.7 Å². The summed E-state index contributed by atoms with van der Waals surface area (Å²) in [6.45, 7) is 0. The van der Waals surface area contributed by atoms with Crippen molar-refractivity contribution >= 4 is 29.0 Å². The second kappa shape index (κ2) is 7.32. The predicted octanol–water partition coefficient (Wildman–Crippen LogP) is 3.23. The third-order valence-corrected chi connectivity index (χ3v) is 4.35. The summed E-state index contributed by atoms with van der Waals surface area (Å²) in [5.41, 5.74) is 10.6. The SMILES string of the molecule is CNc1nccc(-c2c[nH]c3ncc(-c4cccc(C=CC(N)=O)c4)cc23)n1. The standard InChI is InChI=1S/C21H18N6O/c1-23-21-24-8-7-18(27-21)17-12-26-20-16(17)10-15(11-25-20)14-4-2-3-13(9-14)5-6-19(22)28/h2-12H,1H3,(H2,22,28)(H,25,26)(H,23,24,27). The molecular weight excluding hydrogens is 352 g/mol. The van der Waals surface area contributed by atoms with E-state index in [0.29, 0.717) is 5.95 Å². The lowest BCUT2D eigenvalue weighted by Crippen LogP contribution is -2.05. The molecule has 0 spiro atoms. The Labute approximate surface area is 161 Å². The second-order valence-corrected chi connectivity index (χ2v) is 6.20. The fraction of sp³-hybridized carbons (Fsp3) is 0.0476. The quantitative estimate of drug-likeness (QED) is 0.467. The van der Waals surface area contributed by atoms with E-state index in [0.717, 1.165) is 39.0 Å². The van der Waals surface area contributed by atoms with Crippen LogP contribution in [-0.4, -0.2) is 32.9 Å². The molecule has 7 heteroatoms. The number of nitrogens with zero attached hydrogens (tertiary/aromatic N) is 3. The molecule has 1 aromatic carbocycles. The number of nitrogens with one attached hydrogen (secondary N) is 2. The van der Waals surface area contributed by atoms with E-state index < -0.39 is 5.91 Å². The van der Waals surface area contributed by atoms with Gasteiger partial charge in [0.1, 0.15) is 5.65 Å². The summed E-state index contributed by atoms with van der Waals surface area (Å²) in [7, 11) is 1.79. The van der Waals surface area contributed by atoms with Gasteiger partial charge in [0.15, 0.2) is 0 Å². The minimum Gasteiger partial charge on any atom is -0.366 e. The van der Waals surface area contributed by atoms with E-state index in [1.165, 1.54) is 6.08 Å². The van der Waals surface area contributed by atoms with Crippen molar-refractivity contribution in [3.8, 4) is 22.4 Å². The van der Waals surface area contributed by atoms with Crippen LogP contribution in [0.15, 0.2) is 61.1 Å². The van der Waals surface area contributed by atoms with E-state index in [1.54, 1.807) is 19.3 Å². The van der Waals surface area contributed by atoms with Crippen LogP contribution in [0.5, 0.6) is 0 Å². The fourth-order valence-corrected chi connectivity index (χ4v) is 3.00. The molecule has 7 nitrogen and oxygen atoms in total. The topological polar surface area (TPSA) is 110 Å². The number of anilines is 1. The molecule has 1 amide bonds. The van der Waals surface area contributed by atoms with E-state index in [4.69, 9.17) is 5.73 Å². The summed E-state index contributed by atoms with van der Waals surface area (Å²) in [6, 6.07) is 11.8. The first-order valence-corrected chi connectivity index (χ1v) is 8.70. The number of primary amides is 1. The van der Waals surface area contributed by atoms with Crippen molar-refractivity contribution in [2.24, 2.45) is 5.73 Å². The lowest BCUT2D eigenvalue weighted by Gasteiger charge is -2.05. The zero-order valence-electron chi connectivity index (χ0n) is 15.2. The summed E-state index contributed by atoms with van der Waals surface area (Å²) in [4.78, 5) is 27.4. The highest BCUT2D eigenvalue weighted by molar-refractivity contribution is 5.95. The van der Waals surface area contributed by atoms with Gasteiger partial charge >= 0.3 is 0 Å². The van der Waals surface area contributed by atoms with Gasteiger partial charge in [-0.25, -0.2) is 15.0 Å². The van der Waals surface area contributed by atoms with E-state index in [-0.39, 0.29) is 0 Å². The van der Waals surface area contributed by atoms with Crippen molar-refractivity contribution < 1.29 is 4.79 Å². The smallest absolute Gasteiger partial charge is 0.241 e. The number of fused-ring (bicyclic) bond motifs is 1. The van der Waals surface area contributed by atoms with Crippen LogP contribution < -0.4 is 11.1 Å². The van der Waals surface area contributed by atoms with Crippen LogP contribution in [0.3, 0.4) is 0 Å². The number of aromatic nitrogens is 4. The maximum atomic E-state index is 11.0. The molecule has 0 saturated carbocycles. The highest BCUT2D eigenvalue weighted by atomic mass is 16.1. The summed E-state index contributed by atoms with van der Waals surface area (Å²) in [5.74, 6) is 0.0844. The van der Waals surface area contributed by atoms with Gasteiger partial charge in [-0.05, 0) is 35.4 Å². The number of rotatable bonds is 5. The Bertz CT molecular complexity index is 1190. The van der Waals surface area contributed by atoms with Gasteiger partial charge in [-0.2, -0.15) is 0 Å². The second-order valence-electron chi connectivity index (χ2n) is 6.20. The number of carbonyl (C=O) groups excluding carboxylic acids is 1. The minimum atomic E-state index is -0.476. The molecule has 0 bridgehead atoms. The first kappa shape index (κ1) is 17.4. The van der Waals surface area contributed by atoms with Crippen LogP contribution in [0.25, 0.3) is 39.5 Å². The van der Waals surface area contributed by atoms with Crippen molar-refractivity contribution in [1.29, 1.82) is 0 Å². The monoisotopic (exact) mass is 370 g/mol. The van der Waals surface area contributed by atoms with Crippen molar-refractivity contribution in [2.45, 2.75) is 0 Å². The van der Waals surface area contributed by atoms with Gasteiger partial charge in [-0.1, -0.05) is 18.2 Å². The summed E-state index contributed by atoms with van der Waals surface area (Å²) in [6.07, 6.45) is 8.48. The van der Waals surface area contributed by atoms with Gasteiger partial charge in [0.25, 0.3) is 0 Å². The van der Waals surface area contributed by atoms with Gasteiger partial charge < -0.3 is 16.0 Å². The molecule has 0 unspecified atom stereocenters. The molecular formula is C21H18N6O. The predicted molar refractivity (Wildman–Crippen MR) is 110 cm³/mol. The van der Waals surface area contributed by atoms with E-state index in [2.05, 4.69) is 31.3 Å². The lowest BCUT2D eigenvalue weighted by atomic mass is 10.0. The molecule has 0 aliphatic carbocycles. The molecule has 4 N–H and O–H groups in total. The molecule has 0 saturated heterocycles. The van der Waals surface area contributed by atoms with Gasteiger partial charge in [0.2, 0.25) is 11.9 Å². The number of benzene rings is 1. The van der Waals surface area contributed by atoms with Gasteiger partial charge in [0, 0.05) is 48.2 Å². The zero-order chi connectivity index (χ0) is 19.5. The van der Waals surface area contributed by atoms with E-state index in [9.17, 15) is 4.79 Å². The number of pyridine rings is 1. The molecule has 0 aliphatic rings. The Morgan fingerprint density at radius 2 is 2.07 bits per heavy atom. The molecule has 4 rings (SSSR count). The number of hydrogen-bond acceptors (Lipinski definition) is 5. The fourth-order valence-electron chi connectivity index (χ4n) is 3.00. The van der Waals surface area contributed by atoms with Crippen LogP contribution in [0, 0.1) is 0 Å². The maximum absolute atomic E-state index is 11.0. The van der Waals surface area contributed by atoms with Gasteiger partial charge in [0.05, 0.1) is 5.69 Å². The Morgan fingerprint density at radius 1 is 1.18 bits per heavy atom. The highest BCUT2D eigenvalue weighted by Crippen LogP contribution is 2.30. The van der Waals surface area contributed by atoms with Gasteiger partial charge in [-0.3, -0.25) is 4.79 Å². The zero-order valence-corrected chi connectivity index (χ0v) is 15.2. The summed E-state index contributed by atoms with van der Waals surface area (Å²) in [5, 5.41) is 3.92. The van der Waals surface area contributed by atoms with Crippen LogP contribution >= 0.6 is 0 Å². The maximum Gasteiger partial charge on any atom is 0.241 e. The Morgan fingerprint density at radius 3 is 2.89 bits per heavy atom. The number of aromatic amines is 1. The first-order chi connectivity index (χ1) is 13.6. The normalized spacial score (nSPS) is 11.2. The molecule has 4 aromatic rings. The van der Waals surface area contributed by atoms with Crippen molar-refractivity contribution in [2.75, 3.05) is 12.4 Å². The van der Waals surface area contributed by atoms with Crippen LogP contribution in [0.2, 0.25) is 0 Å². The van der Waals surface area contributed by atoms with Crippen molar-refractivity contribution in [3.05, 3.63) is 66.6 Å². The first-order valence-electron chi connectivity index (χ1n) is 8.70. The largest absolute Gasteiger partial charge is 0.366 e. The Balaban J connectivity index is 1.78. The average Bonchev–Trinajstić information content (AvgIpc) is 3.16. The lowest BCUT2D eigenvalue weighted by molar-refractivity contribution is -0.113. The third kappa shape index (κ3) is 3.45. The minimum absolute atomic E-state index is 0.476. The number of carbonyl (C=O) groups is 1.